The molecule has 1 aromatic carbocycles. The largest absolute Gasteiger partial charge is 0.458 e. The van der Waals surface area contributed by atoms with Crippen LogP contribution in [-0.2, 0) is 20.9 Å². The van der Waals surface area contributed by atoms with Crippen molar-refractivity contribution in [1.29, 1.82) is 0 Å². The Hall–Kier alpha value is -4.38. The summed E-state index contributed by atoms with van der Waals surface area (Å²) in [5, 5.41) is 15.3. The van der Waals surface area contributed by atoms with E-state index < -0.39 is 6.04 Å². The number of para-hydroxylation sites is 1. The van der Waals surface area contributed by atoms with Gasteiger partial charge in [-0.2, -0.15) is 4.80 Å². The lowest BCUT2D eigenvalue weighted by Gasteiger charge is -2.31. The Balaban J connectivity index is 1.44. The highest BCUT2D eigenvalue weighted by molar-refractivity contribution is 6.01. The summed E-state index contributed by atoms with van der Waals surface area (Å²) in [7, 11) is 0. The quantitative estimate of drug-likeness (QED) is 0.371. The summed E-state index contributed by atoms with van der Waals surface area (Å²) < 4.78 is 11.2. The number of carbonyl (C=O) groups is 2. The second-order valence-electron chi connectivity index (χ2n) is 8.72. The maximum Gasteiger partial charge on any atom is 0.251 e. The normalized spacial score (nSPS) is 15.9. The second-order valence-corrected chi connectivity index (χ2v) is 8.72. The van der Waals surface area contributed by atoms with Gasteiger partial charge in [-0.05, 0) is 66.9 Å². The number of hydrogen-bond acceptors (Lipinski definition) is 8. The fourth-order valence-corrected chi connectivity index (χ4v) is 4.27. The maximum atomic E-state index is 13.8. The maximum absolute atomic E-state index is 13.8. The highest BCUT2D eigenvalue weighted by atomic mass is 16.5. The number of anilines is 1. The van der Waals surface area contributed by atoms with Gasteiger partial charge < -0.3 is 14.5 Å². The molecule has 2 atom stereocenters. The van der Waals surface area contributed by atoms with Crippen LogP contribution in [0.15, 0.2) is 71.4 Å². The van der Waals surface area contributed by atoms with Gasteiger partial charge in [-0.1, -0.05) is 18.2 Å². The summed E-state index contributed by atoms with van der Waals surface area (Å²) in [6.07, 6.45) is 5.01. The molecule has 0 unspecified atom stereocenters. The van der Waals surface area contributed by atoms with Crippen LogP contribution in [0.2, 0.25) is 0 Å². The van der Waals surface area contributed by atoms with Crippen LogP contribution in [0.5, 0.6) is 0 Å². The van der Waals surface area contributed by atoms with Crippen molar-refractivity contribution in [2.45, 2.75) is 38.5 Å². The Kier molecular flexibility index (Phi) is 7.31. The molecule has 5 rings (SSSR count). The number of tetrazole rings is 1. The van der Waals surface area contributed by atoms with E-state index in [4.69, 9.17) is 9.15 Å². The Morgan fingerprint density at radius 2 is 1.95 bits per heavy atom. The van der Waals surface area contributed by atoms with E-state index in [0.29, 0.717) is 35.9 Å². The average molecular weight is 502 g/mol. The summed E-state index contributed by atoms with van der Waals surface area (Å²) in [5.74, 6) is 0.732. The summed E-state index contributed by atoms with van der Waals surface area (Å²) >= 11 is 0. The van der Waals surface area contributed by atoms with E-state index in [0.717, 1.165) is 12.8 Å². The molecule has 1 N–H and O–H groups in total. The van der Waals surface area contributed by atoms with Gasteiger partial charge in [0.05, 0.1) is 6.10 Å². The van der Waals surface area contributed by atoms with E-state index in [9.17, 15) is 9.59 Å². The van der Waals surface area contributed by atoms with Gasteiger partial charge in [0.2, 0.25) is 11.7 Å². The van der Waals surface area contributed by atoms with Crippen LogP contribution < -0.4 is 10.2 Å². The molecule has 0 radical (unpaired) electrons. The van der Waals surface area contributed by atoms with Crippen LogP contribution in [0, 0.1) is 6.92 Å². The first-order chi connectivity index (χ1) is 18.1. The van der Waals surface area contributed by atoms with Crippen molar-refractivity contribution in [2.24, 2.45) is 0 Å². The van der Waals surface area contributed by atoms with Gasteiger partial charge in [-0.15, -0.1) is 10.2 Å². The van der Waals surface area contributed by atoms with Crippen molar-refractivity contribution in [2.75, 3.05) is 18.1 Å². The van der Waals surface area contributed by atoms with Gasteiger partial charge in [-0.25, -0.2) is 0 Å². The third-order valence-corrected chi connectivity index (χ3v) is 6.05. The minimum absolute atomic E-state index is 0.0362. The molecule has 3 aromatic heterocycles. The molecule has 190 valence electrons. The molecule has 1 aliphatic heterocycles. The molecule has 0 saturated carbocycles. The van der Waals surface area contributed by atoms with E-state index in [1.54, 1.807) is 48.8 Å². The van der Waals surface area contributed by atoms with E-state index >= 15 is 0 Å². The zero-order chi connectivity index (χ0) is 25.6. The molecule has 1 aliphatic rings. The summed E-state index contributed by atoms with van der Waals surface area (Å²) in [6.45, 7) is 2.64. The van der Waals surface area contributed by atoms with Gasteiger partial charge in [0, 0.05) is 31.2 Å². The number of ether oxygens (including phenoxy) is 1. The molecule has 11 heteroatoms. The number of nitrogens with one attached hydrogen (secondary N) is 1. The number of benzene rings is 1. The molecule has 1 fully saturated rings. The van der Waals surface area contributed by atoms with Crippen molar-refractivity contribution in [3.05, 3.63) is 78.3 Å². The molecule has 11 nitrogen and oxygen atoms in total. The second kappa shape index (κ2) is 11.1. The minimum atomic E-state index is -0.949. The first-order valence-electron chi connectivity index (χ1n) is 12.1. The van der Waals surface area contributed by atoms with Crippen molar-refractivity contribution in [3.8, 4) is 11.6 Å². The summed E-state index contributed by atoms with van der Waals surface area (Å²) in [4.78, 5) is 34.1. The number of furan rings is 1. The fourth-order valence-electron chi connectivity index (χ4n) is 4.27. The Labute approximate surface area is 213 Å². The van der Waals surface area contributed by atoms with Crippen LogP contribution in [0.3, 0.4) is 0 Å². The monoisotopic (exact) mass is 501 g/mol. The molecular weight excluding hydrogens is 474 g/mol. The lowest BCUT2D eigenvalue weighted by molar-refractivity contribution is -0.127. The highest BCUT2D eigenvalue weighted by Gasteiger charge is 2.34. The molecule has 0 bridgehead atoms. The molecule has 4 heterocycles. The number of aryl methyl sites for hydroxylation is 1. The molecular formula is C26H27N7O4. The summed E-state index contributed by atoms with van der Waals surface area (Å²) in [5.41, 5.74) is 1.18. The van der Waals surface area contributed by atoms with Crippen molar-refractivity contribution < 1.29 is 18.7 Å². The van der Waals surface area contributed by atoms with Gasteiger partial charge in [0.1, 0.15) is 18.3 Å². The molecule has 0 aliphatic carbocycles. The highest BCUT2D eigenvalue weighted by Crippen LogP contribution is 2.28. The third-order valence-electron chi connectivity index (χ3n) is 6.05. The van der Waals surface area contributed by atoms with E-state index in [2.05, 4.69) is 25.7 Å². The van der Waals surface area contributed by atoms with Gasteiger partial charge in [-0.3, -0.25) is 19.5 Å². The lowest BCUT2D eigenvalue weighted by Crippen LogP contribution is -2.46. The zero-order valence-electron chi connectivity index (χ0n) is 20.4. The third kappa shape index (κ3) is 5.72. The minimum Gasteiger partial charge on any atom is -0.458 e. The molecule has 2 amide bonds. The first kappa shape index (κ1) is 24.3. The van der Waals surface area contributed by atoms with Crippen LogP contribution in [-0.4, -0.2) is 56.3 Å². The van der Waals surface area contributed by atoms with Gasteiger partial charge in [0.15, 0.2) is 5.76 Å². The smallest absolute Gasteiger partial charge is 0.251 e. The van der Waals surface area contributed by atoms with E-state index in [1.165, 1.54) is 9.70 Å². The van der Waals surface area contributed by atoms with Gasteiger partial charge in [0.25, 0.3) is 5.91 Å². The molecule has 1 saturated heterocycles. The van der Waals surface area contributed by atoms with Crippen LogP contribution >= 0.6 is 0 Å². The number of amides is 2. The Morgan fingerprint density at radius 1 is 1.14 bits per heavy atom. The average Bonchev–Trinajstić information content (AvgIpc) is 3.69. The number of rotatable bonds is 9. The summed E-state index contributed by atoms with van der Waals surface area (Å²) in [6, 6.07) is 15.1. The molecule has 4 aromatic rings. The predicted molar refractivity (Wildman–Crippen MR) is 133 cm³/mol. The zero-order valence-corrected chi connectivity index (χ0v) is 20.4. The number of nitrogens with zero attached hydrogens (tertiary/aromatic N) is 6. The van der Waals surface area contributed by atoms with E-state index in [-0.39, 0.29) is 30.3 Å². The number of carbonyl (C=O) groups excluding carboxylic acids is 2. The van der Waals surface area contributed by atoms with Crippen molar-refractivity contribution in [1.82, 2.24) is 30.5 Å². The fraction of sp³-hybridized carbons (Fsp3) is 0.308. The predicted octanol–water partition coefficient (Wildman–Crippen LogP) is 2.71. The van der Waals surface area contributed by atoms with E-state index in [1.807, 2.05) is 25.1 Å². The topological polar surface area (TPSA) is 128 Å². The van der Waals surface area contributed by atoms with Gasteiger partial charge >= 0.3 is 0 Å². The molecule has 37 heavy (non-hydrogen) atoms. The van der Waals surface area contributed by atoms with Crippen LogP contribution in [0.25, 0.3) is 11.6 Å². The number of hydrogen-bond donors (Lipinski definition) is 1. The van der Waals surface area contributed by atoms with Crippen LogP contribution in [0.1, 0.15) is 30.2 Å². The SMILES string of the molecule is Cc1ccc(-c2nnn(CC(=O)N(c3ccccc3)[C@@H](C(=O)NC[C@@H]3CCCO3)c3ccncc3)n2)o1. The first-order valence-corrected chi connectivity index (χ1v) is 12.1. The standard InChI is InChI=1S/C26H27N7O4/c1-18-9-10-22(37-18)25-29-31-32(30-25)17-23(34)33(20-6-3-2-4-7-20)24(19-11-13-27-14-12-19)26(35)28-16-21-8-5-15-36-21/h2-4,6-7,9-14,21,24H,5,8,15-17H2,1H3,(H,28,35)/t21-,24+/m0/s1. The van der Waals surface area contributed by atoms with Crippen LogP contribution in [0.4, 0.5) is 5.69 Å². The number of aromatic nitrogens is 5. The lowest BCUT2D eigenvalue weighted by atomic mass is 10.0. The Bertz CT molecular complexity index is 1330. The van der Waals surface area contributed by atoms with Crippen molar-refractivity contribution >= 4 is 17.5 Å². The van der Waals surface area contributed by atoms with Crippen molar-refractivity contribution in [3.63, 3.8) is 0 Å². The Morgan fingerprint density at radius 3 is 2.65 bits per heavy atom. The number of pyridine rings is 1. The molecule has 0 spiro atoms.